The first-order chi connectivity index (χ1) is 10.4. The first kappa shape index (κ1) is 14.6. The van der Waals surface area contributed by atoms with Gasteiger partial charge in [0.1, 0.15) is 0 Å². The van der Waals surface area contributed by atoms with E-state index in [0.29, 0.717) is 0 Å². The van der Waals surface area contributed by atoms with Gasteiger partial charge in [-0.2, -0.15) is 13.2 Å². The van der Waals surface area contributed by atoms with Crippen LogP contribution in [-0.4, -0.2) is 5.91 Å². The number of carbonyl (C=O) groups excluding carboxylic acids is 1. The van der Waals surface area contributed by atoms with Crippen molar-refractivity contribution >= 4 is 5.91 Å². The van der Waals surface area contributed by atoms with Gasteiger partial charge in [-0.05, 0) is 42.7 Å². The summed E-state index contributed by atoms with van der Waals surface area (Å²) in [7, 11) is 0. The fourth-order valence-electron chi connectivity index (χ4n) is 2.47. The van der Waals surface area contributed by atoms with Crippen LogP contribution in [0.15, 0.2) is 54.6 Å². The lowest BCUT2D eigenvalue weighted by Crippen LogP contribution is -2.34. The second kappa shape index (κ2) is 5.16. The van der Waals surface area contributed by atoms with Crippen molar-refractivity contribution in [3.63, 3.8) is 0 Å². The van der Waals surface area contributed by atoms with Gasteiger partial charge in [0.05, 0.1) is 11.1 Å². The van der Waals surface area contributed by atoms with E-state index < -0.39 is 11.7 Å². The predicted molar refractivity (Wildman–Crippen MR) is 76.3 cm³/mol. The van der Waals surface area contributed by atoms with Gasteiger partial charge in [-0.3, -0.25) is 4.79 Å². The molecule has 2 aromatic carbocycles. The van der Waals surface area contributed by atoms with E-state index in [1.807, 2.05) is 30.3 Å². The quantitative estimate of drug-likeness (QED) is 0.908. The molecule has 114 valence electrons. The Morgan fingerprint density at radius 3 is 2.05 bits per heavy atom. The highest BCUT2D eigenvalue weighted by atomic mass is 19.4. The van der Waals surface area contributed by atoms with Crippen LogP contribution >= 0.6 is 0 Å². The summed E-state index contributed by atoms with van der Waals surface area (Å²) in [5, 5.41) is 2.94. The van der Waals surface area contributed by atoms with Crippen molar-refractivity contribution in [1.29, 1.82) is 0 Å². The third-order valence-electron chi connectivity index (χ3n) is 3.90. The highest BCUT2D eigenvalue weighted by Gasteiger charge is 2.45. The summed E-state index contributed by atoms with van der Waals surface area (Å²) in [5.41, 5.74) is 0.125. The van der Waals surface area contributed by atoms with Crippen LogP contribution in [0.5, 0.6) is 0 Å². The predicted octanol–water partition coefficient (Wildman–Crippen LogP) is 4.12. The molecule has 1 fully saturated rings. The molecule has 3 rings (SSSR count). The van der Waals surface area contributed by atoms with Gasteiger partial charge in [0.25, 0.3) is 5.91 Å². The molecule has 2 nitrogen and oxygen atoms in total. The Labute approximate surface area is 126 Å². The molecular formula is C17H14F3NO. The number of nitrogens with one attached hydrogen (secondary N) is 1. The Morgan fingerprint density at radius 2 is 1.55 bits per heavy atom. The lowest BCUT2D eigenvalue weighted by molar-refractivity contribution is -0.137. The molecule has 1 aliphatic rings. The van der Waals surface area contributed by atoms with Gasteiger partial charge in [-0.25, -0.2) is 0 Å². The van der Waals surface area contributed by atoms with Crippen molar-refractivity contribution in [3.05, 3.63) is 71.3 Å². The van der Waals surface area contributed by atoms with Gasteiger partial charge in [0.2, 0.25) is 0 Å². The van der Waals surface area contributed by atoms with E-state index in [1.54, 1.807) is 0 Å². The van der Waals surface area contributed by atoms with Gasteiger partial charge in [0, 0.05) is 5.56 Å². The highest BCUT2D eigenvalue weighted by molar-refractivity contribution is 5.95. The van der Waals surface area contributed by atoms with E-state index in [4.69, 9.17) is 0 Å². The summed E-state index contributed by atoms with van der Waals surface area (Å²) in [6.45, 7) is 0. The summed E-state index contributed by atoms with van der Waals surface area (Å²) >= 11 is 0. The molecule has 0 saturated heterocycles. The molecule has 0 radical (unpaired) electrons. The Kier molecular flexibility index (Phi) is 3.43. The van der Waals surface area contributed by atoms with Crippen molar-refractivity contribution in [2.45, 2.75) is 24.6 Å². The van der Waals surface area contributed by atoms with Crippen LogP contribution in [-0.2, 0) is 11.7 Å². The maximum absolute atomic E-state index is 12.5. The van der Waals surface area contributed by atoms with Gasteiger partial charge >= 0.3 is 6.18 Å². The Hall–Kier alpha value is -2.30. The summed E-state index contributed by atoms with van der Waals surface area (Å²) in [6, 6.07) is 13.9. The zero-order valence-electron chi connectivity index (χ0n) is 11.7. The normalized spacial score (nSPS) is 16.1. The summed E-state index contributed by atoms with van der Waals surface area (Å²) in [6.07, 6.45) is -2.72. The molecule has 0 heterocycles. The standard InChI is InChI=1S/C17H14F3NO/c18-17(19,20)14-8-6-12(7-9-14)15(22)21-16(10-11-16)13-4-2-1-3-5-13/h1-9H,10-11H2,(H,21,22). The van der Waals surface area contributed by atoms with Crippen LogP contribution in [0, 0.1) is 0 Å². The summed E-state index contributed by atoms with van der Waals surface area (Å²) in [4.78, 5) is 12.2. The van der Waals surface area contributed by atoms with Crippen LogP contribution in [0.2, 0.25) is 0 Å². The van der Waals surface area contributed by atoms with Crippen LogP contribution < -0.4 is 5.32 Å². The minimum Gasteiger partial charge on any atom is -0.343 e. The van der Waals surface area contributed by atoms with Crippen molar-refractivity contribution in [3.8, 4) is 0 Å². The lowest BCUT2D eigenvalue weighted by atomic mass is 10.0. The summed E-state index contributed by atoms with van der Waals surface area (Å²) in [5.74, 6) is -0.352. The van der Waals surface area contributed by atoms with Crippen molar-refractivity contribution in [2.24, 2.45) is 0 Å². The lowest BCUT2D eigenvalue weighted by Gasteiger charge is -2.18. The number of rotatable bonds is 3. The van der Waals surface area contributed by atoms with Gasteiger partial charge in [-0.15, -0.1) is 0 Å². The number of alkyl halides is 3. The van der Waals surface area contributed by atoms with Crippen LogP contribution in [0.3, 0.4) is 0 Å². The third kappa shape index (κ3) is 2.84. The number of benzene rings is 2. The van der Waals surface area contributed by atoms with E-state index >= 15 is 0 Å². The zero-order chi connectivity index (χ0) is 15.8. The molecule has 5 heteroatoms. The Bertz CT molecular complexity index is 673. The van der Waals surface area contributed by atoms with Crippen molar-refractivity contribution in [1.82, 2.24) is 5.32 Å². The fraction of sp³-hybridized carbons (Fsp3) is 0.235. The topological polar surface area (TPSA) is 29.1 Å². The third-order valence-corrected chi connectivity index (χ3v) is 3.90. The number of hydrogen-bond donors (Lipinski definition) is 1. The van der Waals surface area contributed by atoms with E-state index in [-0.39, 0.29) is 17.0 Å². The molecule has 2 aromatic rings. The number of hydrogen-bond acceptors (Lipinski definition) is 1. The van der Waals surface area contributed by atoms with E-state index in [1.165, 1.54) is 12.1 Å². The molecule has 0 aliphatic heterocycles. The number of amides is 1. The maximum atomic E-state index is 12.5. The molecule has 1 N–H and O–H groups in total. The van der Waals surface area contributed by atoms with Crippen LogP contribution in [0.1, 0.15) is 34.3 Å². The minimum atomic E-state index is -4.39. The second-order valence-corrected chi connectivity index (χ2v) is 5.48. The highest BCUT2D eigenvalue weighted by Crippen LogP contribution is 2.45. The number of halogens is 3. The SMILES string of the molecule is O=C(NC1(c2ccccc2)CC1)c1ccc(C(F)(F)F)cc1. The second-order valence-electron chi connectivity index (χ2n) is 5.48. The molecule has 0 bridgehead atoms. The maximum Gasteiger partial charge on any atom is 0.416 e. The Morgan fingerprint density at radius 1 is 0.955 bits per heavy atom. The molecule has 1 saturated carbocycles. The monoisotopic (exact) mass is 305 g/mol. The summed E-state index contributed by atoms with van der Waals surface area (Å²) < 4.78 is 37.6. The average molecular weight is 305 g/mol. The van der Waals surface area contributed by atoms with Gasteiger partial charge < -0.3 is 5.32 Å². The van der Waals surface area contributed by atoms with Crippen LogP contribution in [0.4, 0.5) is 13.2 Å². The molecule has 22 heavy (non-hydrogen) atoms. The van der Waals surface area contributed by atoms with E-state index in [2.05, 4.69) is 5.32 Å². The molecule has 0 aromatic heterocycles. The smallest absolute Gasteiger partial charge is 0.343 e. The molecule has 0 atom stereocenters. The fourth-order valence-corrected chi connectivity index (χ4v) is 2.47. The molecule has 1 amide bonds. The van der Waals surface area contributed by atoms with Crippen LogP contribution in [0.25, 0.3) is 0 Å². The van der Waals surface area contributed by atoms with E-state index in [9.17, 15) is 18.0 Å². The zero-order valence-corrected chi connectivity index (χ0v) is 11.7. The molecule has 0 spiro atoms. The van der Waals surface area contributed by atoms with E-state index in [0.717, 1.165) is 30.5 Å². The molecule has 1 aliphatic carbocycles. The molecule has 0 unspecified atom stereocenters. The number of carbonyl (C=O) groups is 1. The Balaban J connectivity index is 1.75. The van der Waals surface area contributed by atoms with Gasteiger partial charge in [-0.1, -0.05) is 30.3 Å². The average Bonchev–Trinajstić information content (AvgIpc) is 3.28. The first-order valence-corrected chi connectivity index (χ1v) is 6.96. The minimum absolute atomic E-state index is 0.232. The van der Waals surface area contributed by atoms with Crippen molar-refractivity contribution < 1.29 is 18.0 Å². The van der Waals surface area contributed by atoms with Crippen molar-refractivity contribution in [2.75, 3.05) is 0 Å². The largest absolute Gasteiger partial charge is 0.416 e. The molecular weight excluding hydrogens is 291 g/mol. The van der Waals surface area contributed by atoms with Gasteiger partial charge in [0.15, 0.2) is 0 Å². The first-order valence-electron chi connectivity index (χ1n) is 6.96.